The second-order valence-electron chi connectivity index (χ2n) is 4.23. The van der Waals surface area contributed by atoms with Gasteiger partial charge in [-0.15, -0.1) is 0 Å². The highest BCUT2D eigenvalue weighted by Gasteiger charge is 2.08. The van der Waals surface area contributed by atoms with Crippen molar-refractivity contribution in [2.45, 2.75) is 0 Å². The lowest BCUT2D eigenvalue weighted by atomic mass is 10.1. The van der Waals surface area contributed by atoms with E-state index in [0.717, 1.165) is 22.6 Å². The van der Waals surface area contributed by atoms with Gasteiger partial charge in [0.25, 0.3) is 0 Å². The molecule has 2 heterocycles. The zero-order chi connectivity index (χ0) is 13.9. The number of rotatable bonds is 3. The van der Waals surface area contributed by atoms with Crippen molar-refractivity contribution in [1.82, 2.24) is 14.8 Å². The van der Waals surface area contributed by atoms with Gasteiger partial charge in [0.2, 0.25) is 0 Å². The van der Waals surface area contributed by atoms with Gasteiger partial charge in [-0.25, -0.2) is 9.07 Å². The molecule has 0 atom stereocenters. The summed E-state index contributed by atoms with van der Waals surface area (Å²) in [5, 5.41) is 4.28. The van der Waals surface area contributed by atoms with Gasteiger partial charge in [-0.3, -0.25) is 4.98 Å². The Bertz CT molecular complexity index is 722. The summed E-state index contributed by atoms with van der Waals surface area (Å²) < 4.78 is 19.9. The molecule has 5 heteroatoms. The van der Waals surface area contributed by atoms with Crippen LogP contribution in [0.25, 0.3) is 16.8 Å². The van der Waals surface area contributed by atoms with Gasteiger partial charge in [0.1, 0.15) is 11.6 Å². The molecule has 3 rings (SSSR count). The van der Waals surface area contributed by atoms with E-state index in [1.54, 1.807) is 48.6 Å². The van der Waals surface area contributed by atoms with Gasteiger partial charge in [-0.2, -0.15) is 5.10 Å². The largest absolute Gasteiger partial charge is 0.496 e. The van der Waals surface area contributed by atoms with Crippen LogP contribution >= 0.6 is 0 Å². The second-order valence-corrected chi connectivity index (χ2v) is 4.23. The molecule has 100 valence electrons. The first kappa shape index (κ1) is 12.3. The fourth-order valence-corrected chi connectivity index (χ4v) is 1.97. The van der Waals surface area contributed by atoms with E-state index in [1.807, 2.05) is 6.20 Å². The molecule has 0 bridgehead atoms. The molecule has 0 radical (unpaired) electrons. The van der Waals surface area contributed by atoms with Gasteiger partial charge in [0.15, 0.2) is 0 Å². The van der Waals surface area contributed by atoms with Gasteiger partial charge in [0, 0.05) is 29.7 Å². The Labute approximate surface area is 115 Å². The van der Waals surface area contributed by atoms with Crippen molar-refractivity contribution in [3.8, 4) is 22.6 Å². The normalized spacial score (nSPS) is 10.5. The molecule has 0 aliphatic heterocycles. The molecule has 0 fully saturated rings. The zero-order valence-electron chi connectivity index (χ0n) is 10.8. The number of pyridine rings is 1. The Morgan fingerprint density at radius 3 is 2.65 bits per heavy atom. The molecule has 0 unspecified atom stereocenters. The second kappa shape index (κ2) is 5.13. The molecule has 20 heavy (non-hydrogen) atoms. The molecular weight excluding hydrogens is 257 g/mol. The molecule has 0 aliphatic rings. The van der Waals surface area contributed by atoms with Crippen LogP contribution in [0.3, 0.4) is 0 Å². The quantitative estimate of drug-likeness (QED) is 0.733. The number of ether oxygens (including phenoxy) is 1. The lowest BCUT2D eigenvalue weighted by Gasteiger charge is -2.04. The van der Waals surface area contributed by atoms with E-state index in [-0.39, 0.29) is 5.82 Å². The highest BCUT2D eigenvalue weighted by molar-refractivity contribution is 5.68. The van der Waals surface area contributed by atoms with Crippen LogP contribution in [0, 0.1) is 5.82 Å². The summed E-state index contributed by atoms with van der Waals surface area (Å²) in [6, 6.07) is 7.95. The highest BCUT2D eigenvalue weighted by atomic mass is 19.1. The Kier molecular flexibility index (Phi) is 3.16. The number of aromatic nitrogens is 3. The van der Waals surface area contributed by atoms with Crippen LogP contribution < -0.4 is 4.74 Å². The van der Waals surface area contributed by atoms with Crippen molar-refractivity contribution >= 4 is 0 Å². The van der Waals surface area contributed by atoms with Crippen LogP contribution in [-0.2, 0) is 0 Å². The maximum Gasteiger partial charge on any atom is 0.129 e. The average Bonchev–Trinajstić information content (AvgIpc) is 2.97. The number of nitrogens with zero attached hydrogens (tertiary/aromatic N) is 3. The third-order valence-corrected chi connectivity index (χ3v) is 2.99. The van der Waals surface area contributed by atoms with Crippen LogP contribution in [0.4, 0.5) is 4.39 Å². The van der Waals surface area contributed by atoms with Gasteiger partial charge in [-0.05, 0) is 30.3 Å². The van der Waals surface area contributed by atoms with E-state index < -0.39 is 0 Å². The standard InChI is InChI=1S/C15H12FN3O/c1-20-15-6-7-17-9-14(15)11-8-18-19(10-11)13-4-2-12(16)3-5-13/h2-10H,1H3. The molecule has 2 aromatic heterocycles. The molecule has 0 spiro atoms. The van der Waals surface area contributed by atoms with E-state index in [2.05, 4.69) is 10.1 Å². The van der Waals surface area contributed by atoms with Crippen LogP contribution in [0.5, 0.6) is 5.75 Å². The van der Waals surface area contributed by atoms with Gasteiger partial charge in [-0.1, -0.05) is 0 Å². The first-order chi connectivity index (χ1) is 9.78. The molecule has 0 saturated carbocycles. The van der Waals surface area contributed by atoms with E-state index >= 15 is 0 Å². The summed E-state index contributed by atoms with van der Waals surface area (Å²) in [6.07, 6.45) is 6.98. The summed E-state index contributed by atoms with van der Waals surface area (Å²) in [6.45, 7) is 0. The minimum atomic E-state index is -0.268. The maximum absolute atomic E-state index is 12.9. The Morgan fingerprint density at radius 2 is 1.90 bits per heavy atom. The molecule has 1 aromatic carbocycles. The minimum Gasteiger partial charge on any atom is -0.496 e. The Hall–Kier alpha value is -2.69. The number of hydrogen-bond donors (Lipinski definition) is 0. The smallest absolute Gasteiger partial charge is 0.129 e. The molecule has 0 aliphatic carbocycles. The van der Waals surface area contributed by atoms with Crippen molar-refractivity contribution in [2.75, 3.05) is 7.11 Å². The molecule has 3 aromatic rings. The van der Waals surface area contributed by atoms with Crippen molar-refractivity contribution < 1.29 is 9.13 Å². The summed E-state index contributed by atoms with van der Waals surface area (Å²) >= 11 is 0. The van der Waals surface area contributed by atoms with Gasteiger partial charge < -0.3 is 4.74 Å². The lowest BCUT2D eigenvalue weighted by molar-refractivity contribution is 0.416. The number of methoxy groups -OCH3 is 1. The Morgan fingerprint density at radius 1 is 1.10 bits per heavy atom. The first-order valence-electron chi connectivity index (χ1n) is 6.07. The van der Waals surface area contributed by atoms with E-state index in [4.69, 9.17) is 4.74 Å². The van der Waals surface area contributed by atoms with Crippen LogP contribution in [0.2, 0.25) is 0 Å². The average molecular weight is 269 g/mol. The fraction of sp³-hybridized carbons (Fsp3) is 0.0667. The molecular formula is C15H12FN3O. The predicted octanol–water partition coefficient (Wildman–Crippen LogP) is 3.08. The van der Waals surface area contributed by atoms with Crippen LogP contribution in [0.1, 0.15) is 0 Å². The molecule has 0 N–H and O–H groups in total. The zero-order valence-corrected chi connectivity index (χ0v) is 10.8. The highest BCUT2D eigenvalue weighted by Crippen LogP contribution is 2.28. The SMILES string of the molecule is COc1ccncc1-c1cnn(-c2ccc(F)cc2)c1. The number of hydrogen-bond acceptors (Lipinski definition) is 3. The minimum absolute atomic E-state index is 0.268. The maximum atomic E-state index is 12.9. The molecule has 4 nitrogen and oxygen atoms in total. The van der Waals surface area contributed by atoms with Crippen molar-refractivity contribution in [2.24, 2.45) is 0 Å². The predicted molar refractivity (Wildman–Crippen MR) is 73.3 cm³/mol. The van der Waals surface area contributed by atoms with Crippen molar-refractivity contribution in [3.05, 3.63) is 60.9 Å². The lowest BCUT2D eigenvalue weighted by Crippen LogP contribution is -1.93. The summed E-state index contributed by atoms with van der Waals surface area (Å²) in [4.78, 5) is 4.10. The summed E-state index contributed by atoms with van der Waals surface area (Å²) in [5.74, 6) is 0.466. The van der Waals surface area contributed by atoms with Crippen molar-refractivity contribution in [1.29, 1.82) is 0 Å². The van der Waals surface area contributed by atoms with Gasteiger partial charge in [0.05, 0.1) is 19.0 Å². The number of benzene rings is 1. The van der Waals surface area contributed by atoms with Crippen LogP contribution in [0.15, 0.2) is 55.1 Å². The van der Waals surface area contributed by atoms with E-state index in [0.29, 0.717) is 0 Å². The first-order valence-corrected chi connectivity index (χ1v) is 6.07. The van der Waals surface area contributed by atoms with E-state index in [1.165, 1.54) is 12.1 Å². The molecule has 0 saturated heterocycles. The fourth-order valence-electron chi connectivity index (χ4n) is 1.97. The van der Waals surface area contributed by atoms with Gasteiger partial charge >= 0.3 is 0 Å². The summed E-state index contributed by atoms with van der Waals surface area (Å²) in [5.41, 5.74) is 2.54. The van der Waals surface area contributed by atoms with E-state index in [9.17, 15) is 4.39 Å². The third-order valence-electron chi connectivity index (χ3n) is 2.99. The third kappa shape index (κ3) is 2.25. The van der Waals surface area contributed by atoms with Crippen molar-refractivity contribution in [3.63, 3.8) is 0 Å². The Balaban J connectivity index is 2.00. The molecule has 0 amide bonds. The summed E-state index contributed by atoms with van der Waals surface area (Å²) in [7, 11) is 1.61. The topological polar surface area (TPSA) is 39.9 Å². The van der Waals surface area contributed by atoms with Crippen LogP contribution in [-0.4, -0.2) is 21.9 Å². The monoisotopic (exact) mass is 269 g/mol. The number of halogens is 1.